The number of amides is 3. The first-order valence-electron chi connectivity index (χ1n) is 10.5. The number of urea groups is 1. The van der Waals surface area contributed by atoms with Crippen LogP contribution in [0.4, 0.5) is 10.5 Å². The van der Waals surface area contributed by atoms with Gasteiger partial charge in [-0.1, -0.05) is 19.4 Å². The summed E-state index contributed by atoms with van der Waals surface area (Å²) in [4.78, 5) is 31.4. The number of carbonyl (C=O) groups excluding carboxylic acids is 2. The summed E-state index contributed by atoms with van der Waals surface area (Å²) in [6.45, 7) is 2.94. The van der Waals surface area contributed by atoms with Crippen LogP contribution in [0.5, 0.6) is 0 Å². The van der Waals surface area contributed by atoms with E-state index in [-0.39, 0.29) is 24.6 Å². The van der Waals surface area contributed by atoms with E-state index in [1.165, 1.54) is 5.56 Å². The minimum Gasteiger partial charge on any atom is -0.394 e. The van der Waals surface area contributed by atoms with Crippen LogP contribution in [0.15, 0.2) is 36.7 Å². The Labute approximate surface area is 179 Å². The van der Waals surface area contributed by atoms with Gasteiger partial charge in [-0.3, -0.25) is 9.89 Å². The zero-order valence-corrected chi connectivity index (χ0v) is 17.4. The fraction of sp³-hybridized carbons (Fsp3) is 0.364. The third kappa shape index (κ3) is 4.51. The van der Waals surface area contributed by atoms with Crippen LogP contribution in [0, 0.1) is 0 Å². The first-order valence-corrected chi connectivity index (χ1v) is 10.5. The molecule has 1 aliphatic heterocycles. The Morgan fingerprint density at radius 2 is 2.19 bits per heavy atom. The molecule has 3 aromatic rings. The summed E-state index contributed by atoms with van der Waals surface area (Å²) < 4.78 is 0. The molecule has 0 saturated heterocycles. The van der Waals surface area contributed by atoms with Gasteiger partial charge < -0.3 is 20.6 Å². The second-order valence-electron chi connectivity index (χ2n) is 7.72. The Hall–Kier alpha value is -3.46. The first-order chi connectivity index (χ1) is 15.1. The van der Waals surface area contributed by atoms with Crippen molar-refractivity contribution in [2.24, 2.45) is 0 Å². The van der Waals surface area contributed by atoms with Gasteiger partial charge in [0.05, 0.1) is 18.8 Å². The van der Waals surface area contributed by atoms with Gasteiger partial charge in [0, 0.05) is 35.9 Å². The van der Waals surface area contributed by atoms with Crippen LogP contribution in [0.2, 0.25) is 0 Å². The molecule has 9 heteroatoms. The summed E-state index contributed by atoms with van der Waals surface area (Å²) in [5.74, 6) is -0.272. The van der Waals surface area contributed by atoms with Crippen LogP contribution in [-0.4, -0.2) is 56.3 Å². The highest BCUT2D eigenvalue weighted by molar-refractivity contribution is 5.97. The number of rotatable bonds is 6. The number of H-pyrrole nitrogens is 1. The van der Waals surface area contributed by atoms with E-state index in [0.29, 0.717) is 30.8 Å². The van der Waals surface area contributed by atoms with Gasteiger partial charge in [-0.25, -0.2) is 9.78 Å². The van der Waals surface area contributed by atoms with Gasteiger partial charge >= 0.3 is 6.03 Å². The van der Waals surface area contributed by atoms with Crippen LogP contribution in [-0.2, 0) is 13.0 Å². The van der Waals surface area contributed by atoms with E-state index in [4.69, 9.17) is 0 Å². The van der Waals surface area contributed by atoms with Gasteiger partial charge in [0.1, 0.15) is 0 Å². The fourth-order valence-electron chi connectivity index (χ4n) is 3.90. The molecule has 0 fully saturated rings. The number of aliphatic hydroxyl groups is 1. The van der Waals surface area contributed by atoms with Gasteiger partial charge in [0.2, 0.25) is 0 Å². The van der Waals surface area contributed by atoms with E-state index < -0.39 is 0 Å². The molecule has 4 N–H and O–H groups in total. The van der Waals surface area contributed by atoms with Gasteiger partial charge in [-0.05, 0) is 42.2 Å². The quantitative estimate of drug-likeness (QED) is 0.486. The van der Waals surface area contributed by atoms with Gasteiger partial charge in [-0.2, -0.15) is 5.10 Å². The molecule has 0 unspecified atom stereocenters. The predicted molar refractivity (Wildman–Crippen MR) is 117 cm³/mol. The average molecular weight is 422 g/mol. The summed E-state index contributed by atoms with van der Waals surface area (Å²) in [6, 6.07) is 6.29. The van der Waals surface area contributed by atoms with Crippen molar-refractivity contribution in [3.05, 3.63) is 53.3 Å². The van der Waals surface area contributed by atoms with Crippen LogP contribution in [0.25, 0.3) is 11.0 Å². The molecule has 162 valence electrons. The monoisotopic (exact) mass is 422 g/mol. The summed E-state index contributed by atoms with van der Waals surface area (Å²) in [7, 11) is 0. The predicted octanol–water partition coefficient (Wildman–Crippen LogP) is 2.44. The van der Waals surface area contributed by atoms with E-state index in [2.05, 4.69) is 25.8 Å². The molecule has 0 aliphatic carbocycles. The van der Waals surface area contributed by atoms with E-state index in [1.807, 2.05) is 6.92 Å². The highest BCUT2D eigenvalue weighted by Gasteiger charge is 2.23. The highest BCUT2D eigenvalue weighted by atomic mass is 16.3. The standard InChI is InChI=1S/C22H26N6O3/c1-2-4-17(13-29)25-21(30)14-5-3-6-16(9-14)26-22(31)28-8-7-18-15(12-28)10-23-20-19(18)11-24-27-20/h3,5-6,9-11,17,29H,2,4,7-8,12-13H2,1H3,(H,25,30)(H,26,31)(H,23,24,27)/t17-/m1/s1. The topological polar surface area (TPSA) is 123 Å². The van der Waals surface area contributed by atoms with Crippen molar-refractivity contribution in [3.63, 3.8) is 0 Å². The van der Waals surface area contributed by atoms with E-state index in [0.717, 1.165) is 29.4 Å². The molecule has 1 aromatic carbocycles. The number of hydrogen-bond acceptors (Lipinski definition) is 5. The molecule has 1 aliphatic rings. The maximum atomic E-state index is 12.8. The molecule has 31 heavy (non-hydrogen) atoms. The lowest BCUT2D eigenvalue weighted by atomic mass is 9.99. The fourth-order valence-corrected chi connectivity index (χ4v) is 3.90. The number of aromatic amines is 1. The first kappa shape index (κ1) is 20.8. The molecule has 4 rings (SSSR count). The van der Waals surface area contributed by atoms with Crippen molar-refractivity contribution >= 4 is 28.7 Å². The number of nitrogens with zero attached hydrogens (tertiary/aromatic N) is 3. The Morgan fingerprint density at radius 1 is 1.32 bits per heavy atom. The van der Waals surface area contributed by atoms with Gasteiger partial charge in [-0.15, -0.1) is 0 Å². The summed E-state index contributed by atoms with van der Waals surface area (Å²) in [5.41, 5.74) is 3.92. The molecule has 0 bridgehead atoms. The van der Waals surface area contributed by atoms with Crippen LogP contribution < -0.4 is 10.6 Å². The van der Waals surface area contributed by atoms with E-state index >= 15 is 0 Å². The molecular formula is C22H26N6O3. The number of benzene rings is 1. The van der Waals surface area contributed by atoms with Crippen molar-refractivity contribution in [2.45, 2.75) is 38.8 Å². The second kappa shape index (κ2) is 9.13. The van der Waals surface area contributed by atoms with Crippen LogP contribution in [0.1, 0.15) is 41.3 Å². The Kier molecular flexibility index (Phi) is 6.13. The third-order valence-corrected chi connectivity index (χ3v) is 5.53. The normalized spacial score (nSPS) is 14.2. The van der Waals surface area contributed by atoms with Crippen molar-refractivity contribution in [1.82, 2.24) is 25.4 Å². The van der Waals surface area contributed by atoms with Gasteiger partial charge in [0.25, 0.3) is 5.91 Å². The zero-order valence-electron chi connectivity index (χ0n) is 17.4. The number of aromatic nitrogens is 3. The summed E-state index contributed by atoms with van der Waals surface area (Å²) >= 11 is 0. The SMILES string of the molecule is CCC[C@H](CO)NC(=O)c1cccc(NC(=O)N2CCc3c(cnc4[nH]ncc34)C2)c1. The smallest absolute Gasteiger partial charge is 0.322 e. The summed E-state index contributed by atoms with van der Waals surface area (Å²) in [5, 5.41) is 23.0. The van der Waals surface area contributed by atoms with E-state index in [9.17, 15) is 14.7 Å². The number of hydrogen-bond donors (Lipinski definition) is 4. The Morgan fingerprint density at radius 3 is 3.00 bits per heavy atom. The number of fused-ring (bicyclic) bond motifs is 3. The Bertz CT molecular complexity index is 1100. The molecule has 0 radical (unpaired) electrons. The molecule has 3 amide bonds. The van der Waals surface area contributed by atoms with Crippen LogP contribution >= 0.6 is 0 Å². The number of carbonyl (C=O) groups is 2. The minimum atomic E-state index is -0.278. The highest BCUT2D eigenvalue weighted by Crippen LogP contribution is 2.25. The Balaban J connectivity index is 1.42. The van der Waals surface area contributed by atoms with Crippen molar-refractivity contribution in [1.29, 1.82) is 0 Å². The molecular weight excluding hydrogens is 396 g/mol. The second-order valence-corrected chi connectivity index (χ2v) is 7.72. The number of aliphatic hydroxyl groups excluding tert-OH is 1. The van der Waals surface area contributed by atoms with Gasteiger partial charge in [0.15, 0.2) is 5.65 Å². The van der Waals surface area contributed by atoms with E-state index in [1.54, 1.807) is 41.6 Å². The molecule has 0 spiro atoms. The van der Waals surface area contributed by atoms with Crippen LogP contribution in [0.3, 0.4) is 0 Å². The maximum absolute atomic E-state index is 12.8. The molecule has 0 saturated carbocycles. The van der Waals surface area contributed by atoms with Crippen molar-refractivity contribution in [3.8, 4) is 0 Å². The number of pyridine rings is 1. The zero-order chi connectivity index (χ0) is 21.8. The lowest BCUT2D eigenvalue weighted by Crippen LogP contribution is -2.39. The number of anilines is 1. The lowest BCUT2D eigenvalue weighted by molar-refractivity contribution is 0.0913. The minimum absolute atomic E-state index is 0.105. The molecule has 1 atom stereocenters. The third-order valence-electron chi connectivity index (χ3n) is 5.53. The molecule has 9 nitrogen and oxygen atoms in total. The van der Waals surface area contributed by atoms with Crippen molar-refractivity contribution in [2.75, 3.05) is 18.5 Å². The van der Waals surface area contributed by atoms with Crippen molar-refractivity contribution < 1.29 is 14.7 Å². The lowest BCUT2D eigenvalue weighted by Gasteiger charge is -2.29. The maximum Gasteiger partial charge on any atom is 0.322 e. The number of nitrogens with one attached hydrogen (secondary N) is 3. The molecule has 3 heterocycles. The average Bonchev–Trinajstić information content (AvgIpc) is 3.28. The largest absolute Gasteiger partial charge is 0.394 e. The summed E-state index contributed by atoms with van der Waals surface area (Å²) in [6.07, 6.45) is 5.85. The molecule has 2 aromatic heterocycles.